The van der Waals surface area contributed by atoms with E-state index < -0.39 is 0 Å². The molecule has 7 heteroatoms. The molecule has 2 heterocycles. The summed E-state index contributed by atoms with van der Waals surface area (Å²) in [4.78, 5) is 4.06. The van der Waals surface area contributed by atoms with E-state index in [2.05, 4.69) is 43.1 Å². The number of H-pyrrole nitrogens is 1. The van der Waals surface area contributed by atoms with Gasteiger partial charge in [-0.3, -0.25) is 9.78 Å². The highest BCUT2D eigenvalue weighted by Crippen LogP contribution is 2.24. The van der Waals surface area contributed by atoms with Gasteiger partial charge in [-0.25, -0.2) is 4.98 Å². The Labute approximate surface area is 101 Å². The highest BCUT2D eigenvalue weighted by molar-refractivity contribution is 9.10. The van der Waals surface area contributed by atoms with Crippen molar-refractivity contribution in [2.45, 2.75) is 25.9 Å². The third kappa shape index (κ3) is 2.00. The minimum atomic E-state index is -0.342. The van der Waals surface area contributed by atoms with Crippen molar-refractivity contribution in [1.29, 1.82) is 0 Å². The fourth-order valence-corrected chi connectivity index (χ4v) is 2.11. The van der Waals surface area contributed by atoms with Gasteiger partial charge in [0, 0.05) is 6.54 Å². The van der Waals surface area contributed by atoms with Gasteiger partial charge in [0.2, 0.25) is 0 Å². The van der Waals surface area contributed by atoms with Crippen LogP contribution in [-0.4, -0.2) is 25.0 Å². The summed E-state index contributed by atoms with van der Waals surface area (Å²) < 4.78 is 2.78. The van der Waals surface area contributed by atoms with E-state index in [1.807, 2.05) is 4.68 Å². The van der Waals surface area contributed by atoms with Gasteiger partial charge in [-0.2, -0.15) is 10.2 Å². The maximum absolute atomic E-state index is 6.11. The second-order valence-corrected chi connectivity index (χ2v) is 4.30. The van der Waals surface area contributed by atoms with E-state index in [4.69, 9.17) is 5.73 Å². The highest BCUT2D eigenvalue weighted by atomic mass is 79.9. The first-order chi connectivity index (χ1) is 7.74. The Bertz CT molecular complexity index is 449. The Morgan fingerprint density at radius 1 is 1.62 bits per heavy atom. The van der Waals surface area contributed by atoms with E-state index >= 15 is 0 Å². The molecule has 0 bridgehead atoms. The molecule has 6 nitrogen and oxygen atoms in total. The average Bonchev–Trinajstić information content (AvgIpc) is 2.88. The average molecular weight is 285 g/mol. The van der Waals surface area contributed by atoms with Crippen molar-refractivity contribution in [1.82, 2.24) is 25.0 Å². The van der Waals surface area contributed by atoms with Crippen molar-refractivity contribution in [2.75, 3.05) is 0 Å². The Kier molecular flexibility index (Phi) is 3.35. The van der Waals surface area contributed by atoms with Crippen LogP contribution in [0.4, 0.5) is 0 Å². The normalized spacial score (nSPS) is 12.9. The van der Waals surface area contributed by atoms with Crippen molar-refractivity contribution in [3.05, 3.63) is 28.5 Å². The second kappa shape index (κ2) is 4.75. The Hall–Kier alpha value is -1.21. The van der Waals surface area contributed by atoms with E-state index in [0.717, 1.165) is 23.1 Å². The van der Waals surface area contributed by atoms with Crippen LogP contribution in [0.1, 0.15) is 30.9 Å². The predicted octanol–water partition coefficient (Wildman–Crippen LogP) is 1.22. The third-order valence-electron chi connectivity index (χ3n) is 2.29. The molecule has 86 valence electrons. The SMILES string of the molecule is CCCn1ncc(Br)c1C(N)c1ncn[nH]1. The largest absolute Gasteiger partial charge is 0.316 e. The number of hydrogen-bond acceptors (Lipinski definition) is 4. The van der Waals surface area contributed by atoms with Crippen LogP contribution >= 0.6 is 15.9 Å². The predicted molar refractivity (Wildman–Crippen MR) is 62.6 cm³/mol. The van der Waals surface area contributed by atoms with E-state index in [1.165, 1.54) is 6.33 Å². The first-order valence-corrected chi connectivity index (χ1v) is 5.85. The van der Waals surface area contributed by atoms with Gasteiger partial charge in [-0.05, 0) is 22.4 Å². The maximum Gasteiger partial charge on any atom is 0.147 e. The van der Waals surface area contributed by atoms with E-state index in [0.29, 0.717) is 5.82 Å². The van der Waals surface area contributed by atoms with Crippen molar-refractivity contribution in [3.8, 4) is 0 Å². The van der Waals surface area contributed by atoms with Gasteiger partial charge in [0.25, 0.3) is 0 Å². The van der Waals surface area contributed by atoms with Crippen molar-refractivity contribution < 1.29 is 0 Å². The highest BCUT2D eigenvalue weighted by Gasteiger charge is 2.19. The lowest BCUT2D eigenvalue weighted by molar-refractivity contribution is 0.552. The fraction of sp³-hybridized carbons (Fsp3) is 0.444. The molecule has 2 aromatic rings. The molecule has 2 aromatic heterocycles. The molecule has 0 aromatic carbocycles. The van der Waals surface area contributed by atoms with E-state index in [-0.39, 0.29) is 6.04 Å². The summed E-state index contributed by atoms with van der Waals surface area (Å²) in [5, 5.41) is 10.8. The Morgan fingerprint density at radius 3 is 3.06 bits per heavy atom. The van der Waals surface area contributed by atoms with Crippen LogP contribution in [-0.2, 0) is 6.54 Å². The first-order valence-electron chi connectivity index (χ1n) is 5.06. The van der Waals surface area contributed by atoms with Crippen molar-refractivity contribution in [3.63, 3.8) is 0 Å². The van der Waals surface area contributed by atoms with Gasteiger partial charge in [-0.1, -0.05) is 6.92 Å². The second-order valence-electron chi connectivity index (χ2n) is 3.45. The minimum Gasteiger partial charge on any atom is -0.316 e. The molecule has 16 heavy (non-hydrogen) atoms. The maximum atomic E-state index is 6.11. The Morgan fingerprint density at radius 2 is 2.44 bits per heavy atom. The van der Waals surface area contributed by atoms with Crippen LogP contribution in [0.3, 0.4) is 0 Å². The van der Waals surface area contributed by atoms with Crippen LogP contribution in [0, 0.1) is 0 Å². The first kappa shape index (κ1) is 11.3. The number of nitrogens with two attached hydrogens (primary N) is 1. The van der Waals surface area contributed by atoms with Gasteiger partial charge in [0.15, 0.2) is 0 Å². The number of aromatic nitrogens is 5. The summed E-state index contributed by atoms with van der Waals surface area (Å²) in [5.74, 6) is 0.638. The molecule has 2 rings (SSSR count). The molecule has 0 amide bonds. The van der Waals surface area contributed by atoms with Gasteiger partial charge >= 0.3 is 0 Å². The van der Waals surface area contributed by atoms with Crippen LogP contribution in [0.25, 0.3) is 0 Å². The van der Waals surface area contributed by atoms with Gasteiger partial charge < -0.3 is 5.73 Å². The smallest absolute Gasteiger partial charge is 0.147 e. The molecule has 0 spiro atoms. The molecule has 0 aliphatic rings. The molecule has 0 aliphatic heterocycles. The fourth-order valence-electron chi connectivity index (χ4n) is 1.57. The summed E-state index contributed by atoms with van der Waals surface area (Å²) >= 11 is 3.45. The third-order valence-corrected chi connectivity index (χ3v) is 2.90. The van der Waals surface area contributed by atoms with Gasteiger partial charge in [0.05, 0.1) is 16.4 Å². The monoisotopic (exact) mass is 284 g/mol. The molecular weight excluding hydrogens is 272 g/mol. The topological polar surface area (TPSA) is 85.4 Å². The molecule has 0 saturated carbocycles. The summed E-state index contributed by atoms with van der Waals surface area (Å²) in [6.07, 6.45) is 4.20. The molecule has 0 radical (unpaired) electrons. The lowest BCUT2D eigenvalue weighted by atomic mass is 10.2. The van der Waals surface area contributed by atoms with E-state index in [9.17, 15) is 0 Å². The number of halogens is 1. The summed E-state index contributed by atoms with van der Waals surface area (Å²) in [5.41, 5.74) is 7.03. The zero-order chi connectivity index (χ0) is 11.5. The molecule has 3 N–H and O–H groups in total. The molecular formula is C9H13BrN6. The summed E-state index contributed by atoms with van der Waals surface area (Å²) in [6, 6.07) is -0.342. The molecule has 0 saturated heterocycles. The molecule has 1 atom stereocenters. The van der Waals surface area contributed by atoms with Gasteiger partial charge in [0.1, 0.15) is 18.2 Å². The number of aromatic amines is 1. The lowest BCUT2D eigenvalue weighted by Crippen LogP contribution is -2.19. The minimum absolute atomic E-state index is 0.342. The molecule has 1 unspecified atom stereocenters. The zero-order valence-corrected chi connectivity index (χ0v) is 10.5. The molecule has 0 fully saturated rings. The number of rotatable bonds is 4. The van der Waals surface area contributed by atoms with Gasteiger partial charge in [-0.15, -0.1) is 0 Å². The van der Waals surface area contributed by atoms with Crippen LogP contribution < -0.4 is 5.73 Å². The van der Waals surface area contributed by atoms with Crippen LogP contribution in [0.15, 0.2) is 17.0 Å². The van der Waals surface area contributed by atoms with Crippen LogP contribution in [0.5, 0.6) is 0 Å². The standard InChI is InChI=1S/C9H13BrN6/c1-2-3-16-8(6(10)4-14-16)7(11)9-12-5-13-15-9/h4-5,7H,2-3,11H2,1H3,(H,12,13,15). The zero-order valence-electron chi connectivity index (χ0n) is 8.89. The number of nitrogens with one attached hydrogen (secondary N) is 1. The van der Waals surface area contributed by atoms with E-state index in [1.54, 1.807) is 6.20 Å². The van der Waals surface area contributed by atoms with Crippen molar-refractivity contribution >= 4 is 15.9 Å². The Balaban J connectivity index is 2.35. The quantitative estimate of drug-likeness (QED) is 0.884. The number of hydrogen-bond donors (Lipinski definition) is 2. The summed E-state index contributed by atoms with van der Waals surface area (Å²) in [6.45, 7) is 2.93. The number of nitrogens with zero attached hydrogens (tertiary/aromatic N) is 4. The van der Waals surface area contributed by atoms with Crippen molar-refractivity contribution in [2.24, 2.45) is 5.73 Å². The lowest BCUT2D eigenvalue weighted by Gasteiger charge is -2.12. The molecule has 0 aliphatic carbocycles. The van der Waals surface area contributed by atoms with Crippen LogP contribution in [0.2, 0.25) is 0 Å². The number of aryl methyl sites for hydroxylation is 1. The summed E-state index contributed by atoms with van der Waals surface area (Å²) in [7, 11) is 0.